The van der Waals surface area contributed by atoms with Crippen LogP contribution in [-0.2, 0) is 0 Å². The number of aliphatic hydroxyl groups is 2. The Balaban J connectivity index is 0.00000225. The third-order valence-electron chi connectivity index (χ3n) is 4.49. The van der Waals surface area contributed by atoms with Crippen molar-refractivity contribution >= 4 is 24.0 Å². The molecule has 1 aromatic carbocycles. The first kappa shape index (κ1) is 19.9. The Labute approximate surface area is 152 Å². The molecule has 5 N–H and O–H groups in total. The predicted molar refractivity (Wildman–Crippen MR) is 94.4 cm³/mol. The topological polar surface area (TPSA) is 96.9 Å². The summed E-state index contributed by atoms with van der Waals surface area (Å²) < 4.78 is 14.3. The molecule has 2 aliphatic rings. The largest absolute Gasteiger partial charge is 0.379 e. The quantitative estimate of drug-likeness (QED) is 0.502. The maximum atomic E-state index is 14.3. The second-order valence-electron chi connectivity index (χ2n) is 6.19. The van der Waals surface area contributed by atoms with Gasteiger partial charge in [0, 0.05) is 31.9 Å². The Kier molecular flexibility index (Phi) is 6.97. The number of nitrogens with one attached hydrogen (secondary N) is 3. The Bertz CT molecular complexity index is 601. The van der Waals surface area contributed by atoms with E-state index in [2.05, 4.69) is 20.9 Å². The lowest BCUT2D eigenvalue weighted by atomic mass is 10.0. The van der Waals surface area contributed by atoms with Crippen molar-refractivity contribution in [3.05, 3.63) is 29.6 Å². The second-order valence-corrected chi connectivity index (χ2v) is 6.19. The average molecular weight is 375 g/mol. The summed E-state index contributed by atoms with van der Waals surface area (Å²) >= 11 is 0. The van der Waals surface area contributed by atoms with Crippen LogP contribution in [0.1, 0.15) is 23.2 Å². The molecule has 3 unspecified atom stereocenters. The fraction of sp³-hybridized carbons (Fsp3) is 0.562. The van der Waals surface area contributed by atoms with Crippen LogP contribution >= 0.6 is 12.4 Å². The van der Waals surface area contributed by atoms with Crippen LogP contribution in [0.2, 0.25) is 0 Å². The monoisotopic (exact) mass is 374 g/mol. The molecule has 3 atom stereocenters. The van der Waals surface area contributed by atoms with E-state index in [1.54, 1.807) is 6.07 Å². The van der Waals surface area contributed by atoms with Gasteiger partial charge in [0.15, 0.2) is 0 Å². The van der Waals surface area contributed by atoms with Gasteiger partial charge in [-0.25, -0.2) is 4.39 Å². The third-order valence-corrected chi connectivity index (χ3v) is 4.49. The summed E-state index contributed by atoms with van der Waals surface area (Å²) in [6, 6.07) is 4.02. The van der Waals surface area contributed by atoms with Gasteiger partial charge in [-0.2, -0.15) is 0 Å². The minimum absolute atomic E-state index is 0. The van der Waals surface area contributed by atoms with E-state index in [0.717, 1.165) is 31.9 Å². The molecule has 7 nitrogen and oxygen atoms in total. The van der Waals surface area contributed by atoms with Gasteiger partial charge in [-0.05, 0) is 31.0 Å². The molecule has 0 aromatic heterocycles. The van der Waals surface area contributed by atoms with E-state index < -0.39 is 30.2 Å². The summed E-state index contributed by atoms with van der Waals surface area (Å²) in [5, 5.41) is 27.6. The van der Waals surface area contributed by atoms with Crippen LogP contribution in [0.15, 0.2) is 18.2 Å². The number of hydrogen-bond acceptors (Lipinski definition) is 6. The van der Waals surface area contributed by atoms with E-state index in [1.165, 1.54) is 12.1 Å². The molecule has 2 heterocycles. The van der Waals surface area contributed by atoms with Crippen molar-refractivity contribution in [2.45, 2.75) is 31.3 Å². The van der Waals surface area contributed by atoms with E-state index >= 15 is 0 Å². The predicted octanol–water partition coefficient (Wildman–Crippen LogP) is -0.224. The standard InChI is InChI=1S/C16H23FN4O3.ClH/c17-12-9-10(21-7-5-18-6-8-21)1-2-11(12)15(23)19-13-3-4-14(22)20-16(13)24;/h1-2,9,13-14,16,18,20,22,24H,3-8H2,(H,19,23);1H. The first-order valence-corrected chi connectivity index (χ1v) is 8.23. The first-order valence-electron chi connectivity index (χ1n) is 8.23. The van der Waals surface area contributed by atoms with E-state index in [-0.39, 0.29) is 18.0 Å². The van der Waals surface area contributed by atoms with Crippen molar-refractivity contribution < 1.29 is 19.4 Å². The lowest BCUT2D eigenvalue weighted by Crippen LogP contribution is -2.56. The van der Waals surface area contributed by atoms with E-state index in [0.29, 0.717) is 12.8 Å². The third kappa shape index (κ3) is 4.80. The molecule has 0 spiro atoms. The second kappa shape index (κ2) is 8.77. The molecule has 0 bridgehead atoms. The maximum Gasteiger partial charge on any atom is 0.254 e. The lowest BCUT2D eigenvalue weighted by molar-refractivity contribution is -0.0161. The van der Waals surface area contributed by atoms with Gasteiger partial charge < -0.3 is 25.7 Å². The Morgan fingerprint density at radius 3 is 2.60 bits per heavy atom. The van der Waals surface area contributed by atoms with Crippen LogP contribution in [0.4, 0.5) is 10.1 Å². The van der Waals surface area contributed by atoms with Crippen LogP contribution in [0.25, 0.3) is 0 Å². The molecule has 0 radical (unpaired) electrons. The molecule has 1 amide bonds. The molecule has 0 aliphatic carbocycles. The summed E-state index contributed by atoms with van der Waals surface area (Å²) in [7, 11) is 0. The van der Waals surface area contributed by atoms with Gasteiger partial charge in [-0.15, -0.1) is 12.4 Å². The number of rotatable bonds is 3. The van der Waals surface area contributed by atoms with E-state index in [9.17, 15) is 19.4 Å². The van der Waals surface area contributed by atoms with Gasteiger partial charge in [0.25, 0.3) is 5.91 Å². The number of hydrogen-bond donors (Lipinski definition) is 5. The summed E-state index contributed by atoms with van der Waals surface area (Å²) in [5.41, 5.74) is 0.709. The van der Waals surface area contributed by atoms with Gasteiger partial charge in [0.05, 0.1) is 11.6 Å². The number of benzene rings is 1. The number of aliphatic hydroxyl groups excluding tert-OH is 2. The minimum Gasteiger partial charge on any atom is -0.379 e. The molecule has 3 rings (SSSR count). The molecule has 2 aliphatic heterocycles. The summed E-state index contributed by atoms with van der Waals surface area (Å²) in [4.78, 5) is 14.3. The van der Waals surface area contributed by atoms with E-state index in [4.69, 9.17) is 0 Å². The number of carbonyl (C=O) groups excluding carboxylic acids is 1. The number of piperidine rings is 1. The molecule has 0 saturated carbocycles. The van der Waals surface area contributed by atoms with Gasteiger partial charge in [0.1, 0.15) is 18.3 Å². The fourth-order valence-corrected chi connectivity index (χ4v) is 3.10. The summed E-state index contributed by atoms with van der Waals surface area (Å²) in [6.45, 7) is 3.30. The smallest absolute Gasteiger partial charge is 0.254 e. The minimum atomic E-state index is -1.05. The molecular formula is C16H24ClFN4O3. The Morgan fingerprint density at radius 1 is 1.24 bits per heavy atom. The molecule has 2 fully saturated rings. The molecule has 2 saturated heterocycles. The van der Waals surface area contributed by atoms with Crippen molar-refractivity contribution in [1.29, 1.82) is 0 Å². The first-order chi connectivity index (χ1) is 11.5. The van der Waals surface area contributed by atoms with Crippen LogP contribution in [0, 0.1) is 5.82 Å². The van der Waals surface area contributed by atoms with Gasteiger partial charge in [0.2, 0.25) is 0 Å². The van der Waals surface area contributed by atoms with Crippen molar-refractivity contribution in [2.24, 2.45) is 0 Å². The normalized spacial score (nSPS) is 26.7. The van der Waals surface area contributed by atoms with Crippen molar-refractivity contribution in [2.75, 3.05) is 31.1 Å². The van der Waals surface area contributed by atoms with Crippen molar-refractivity contribution in [3.8, 4) is 0 Å². The highest BCUT2D eigenvalue weighted by Gasteiger charge is 2.29. The SMILES string of the molecule is Cl.O=C(NC1CCC(O)NC1O)c1ccc(N2CCNCC2)cc1F. The number of carbonyl (C=O) groups is 1. The zero-order chi connectivity index (χ0) is 17.1. The summed E-state index contributed by atoms with van der Waals surface area (Å²) in [6.07, 6.45) is -1.02. The lowest BCUT2D eigenvalue weighted by Gasteiger charge is -2.32. The maximum absolute atomic E-state index is 14.3. The van der Waals surface area contributed by atoms with Crippen LogP contribution < -0.4 is 20.9 Å². The van der Waals surface area contributed by atoms with Crippen LogP contribution in [0.5, 0.6) is 0 Å². The Morgan fingerprint density at radius 2 is 1.96 bits per heavy atom. The van der Waals surface area contributed by atoms with Gasteiger partial charge in [-0.1, -0.05) is 0 Å². The molecule has 1 aromatic rings. The number of nitrogens with zero attached hydrogens (tertiary/aromatic N) is 1. The van der Waals surface area contributed by atoms with Crippen LogP contribution in [0.3, 0.4) is 0 Å². The summed E-state index contributed by atoms with van der Waals surface area (Å²) in [5.74, 6) is -1.15. The number of piperazine rings is 1. The average Bonchev–Trinajstić information content (AvgIpc) is 2.58. The fourth-order valence-electron chi connectivity index (χ4n) is 3.10. The highest BCUT2D eigenvalue weighted by atomic mass is 35.5. The van der Waals surface area contributed by atoms with Gasteiger partial charge in [-0.3, -0.25) is 10.1 Å². The highest BCUT2D eigenvalue weighted by Crippen LogP contribution is 2.20. The zero-order valence-corrected chi connectivity index (χ0v) is 14.6. The number of amides is 1. The molecule has 9 heteroatoms. The van der Waals surface area contributed by atoms with Crippen molar-refractivity contribution in [3.63, 3.8) is 0 Å². The number of anilines is 1. The van der Waals surface area contributed by atoms with Gasteiger partial charge >= 0.3 is 0 Å². The highest BCUT2D eigenvalue weighted by molar-refractivity contribution is 5.95. The zero-order valence-electron chi connectivity index (χ0n) is 13.7. The molecule has 140 valence electrons. The molecule has 25 heavy (non-hydrogen) atoms. The van der Waals surface area contributed by atoms with E-state index in [1.807, 2.05) is 0 Å². The molecular weight excluding hydrogens is 351 g/mol. The van der Waals surface area contributed by atoms with Crippen molar-refractivity contribution in [1.82, 2.24) is 16.0 Å². The Hall–Kier alpha value is -1.45. The number of halogens is 2. The van der Waals surface area contributed by atoms with Crippen LogP contribution in [-0.4, -0.2) is 60.8 Å².